The largest absolute Gasteiger partial charge is 0.369 e. The molecule has 32 heavy (non-hydrogen) atoms. The van der Waals surface area contributed by atoms with Crippen LogP contribution in [0.3, 0.4) is 0 Å². The molecule has 7 heteroatoms. The first-order valence-corrected chi connectivity index (χ1v) is 11.4. The van der Waals surface area contributed by atoms with E-state index >= 15 is 0 Å². The van der Waals surface area contributed by atoms with Gasteiger partial charge in [-0.3, -0.25) is 4.98 Å². The molecule has 6 nitrogen and oxygen atoms in total. The van der Waals surface area contributed by atoms with Gasteiger partial charge in [0.2, 0.25) is 0 Å². The average molecular weight is 442 g/mol. The lowest BCUT2D eigenvalue weighted by atomic mass is 10.0. The summed E-state index contributed by atoms with van der Waals surface area (Å²) in [6, 6.07) is 16.7. The van der Waals surface area contributed by atoms with Gasteiger partial charge in [-0.15, -0.1) is 11.3 Å². The molecular formula is C25H23N5OS. The van der Waals surface area contributed by atoms with Crippen molar-refractivity contribution in [2.24, 2.45) is 0 Å². The van der Waals surface area contributed by atoms with Crippen LogP contribution >= 0.6 is 11.3 Å². The molecule has 0 fully saturated rings. The van der Waals surface area contributed by atoms with Gasteiger partial charge in [-0.05, 0) is 49.9 Å². The minimum Gasteiger partial charge on any atom is -0.369 e. The molecule has 0 unspecified atom stereocenters. The fourth-order valence-corrected chi connectivity index (χ4v) is 4.48. The van der Waals surface area contributed by atoms with Crippen LogP contribution < -0.4 is 5.32 Å². The molecule has 5 aromatic rings. The molecule has 0 saturated carbocycles. The van der Waals surface area contributed by atoms with E-state index in [-0.39, 0.29) is 0 Å². The normalized spacial score (nSPS) is 11.2. The Labute approximate surface area is 190 Å². The van der Waals surface area contributed by atoms with E-state index in [0.717, 1.165) is 46.7 Å². The minimum absolute atomic E-state index is 0.580. The number of nitrogens with one attached hydrogen (secondary N) is 1. The van der Waals surface area contributed by atoms with Crippen LogP contribution in [0.15, 0.2) is 65.5 Å². The number of hydrogen-bond donors (Lipinski definition) is 1. The molecule has 1 N–H and O–H groups in total. The lowest BCUT2D eigenvalue weighted by Gasteiger charge is -2.09. The van der Waals surface area contributed by atoms with Gasteiger partial charge >= 0.3 is 0 Å². The molecule has 0 aliphatic carbocycles. The number of thiophene rings is 1. The quantitative estimate of drug-likeness (QED) is 0.309. The fraction of sp³-hybridized carbons (Fsp3) is 0.200. The van der Waals surface area contributed by atoms with Gasteiger partial charge in [-0.1, -0.05) is 35.5 Å². The van der Waals surface area contributed by atoms with Gasteiger partial charge in [-0.25, -0.2) is 9.97 Å². The summed E-state index contributed by atoms with van der Waals surface area (Å²) in [6.07, 6.45) is 5.43. The maximum absolute atomic E-state index is 4.96. The summed E-state index contributed by atoms with van der Waals surface area (Å²) < 4.78 is 4.96. The highest BCUT2D eigenvalue weighted by atomic mass is 32.1. The van der Waals surface area contributed by atoms with E-state index in [0.29, 0.717) is 11.5 Å². The number of aryl methyl sites for hydroxylation is 3. The van der Waals surface area contributed by atoms with Crippen LogP contribution in [0.2, 0.25) is 0 Å². The van der Waals surface area contributed by atoms with Crippen LogP contribution in [-0.2, 0) is 6.42 Å². The first kappa shape index (κ1) is 20.3. The number of benzene rings is 1. The third-order valence-electron chi connectivity index (χ3n) is 5.28. The second kappa shape index (κ2) is 8.88. The first-order valence-electron chi connectivity index (χ1n) is 10.6. The molecule has 0 aliphatic rings. The smallest absolute Gasteiger partial charge is 0.185 e. The van der Waals surface area contributed by atoms with E-state index in [1.54, 1.807) is 17.4 Å². The van der Waals surface area contributed by atoms with Crippen LogP contribution in [0, 0.1) is 13.8 Å². The van der Waals surface area contributed by atoms with Crippen LogP contribution in [0.5, 0.6) is 0 Å². The van der Waals surface area contributed by atoms with Crippen LogP contribution in [0.25, 0.3) is 33.0 Å². The second-order valence-corrected chi connectivity index (χ2v) is 9.04. The summed E-state index contributed by atoms with van der Waals surface area (Å²) in [5, 5.41) is 8.54. The van der Waals surface area contributed by atoms with Crippen LogP contribution in [0.1, 0.15) is 22.4 Å². The van der Waals surface area contributed by atoms with E-state index in [1.807, 2.05) is 6.20 Å². The molecule has 1 aromatic carbocycles. The van der Waals surface area contributed by atoms with Gasteiger partial charge in [0.1, 0.15) is 16.9 Å². The summed E-state index contributed by atoms with van der Waals surface area (Å²) in [4.78, 5) is 16.0. The number of anilines is 1. The first-order chi connectivity index (χ1) is 15.7. The highest BCUT2D eigenvalue weighted by molar-refractivity contribution is 7.18. The molecule has 0 saturated heterocycles. The Kier molecular flexibility index (Phi) is 5.64. The zero-order valence-corrected chi connectivity index (χ0v) is 18.8. The summed E-state index contributed by atoms with van der Waals surface area (Å²) in [5.41, 5.74) is 5.27. The molecular weight excluding hydrogens is 418 g/mol. The van der Waals surface area contributed by atoms with E-state index in [4.69, 9.17) is 9.51 Å². The Morgan fingerprint density at radius 3 is 2.59 bits per heavy atom. The van der Waals surface area contributed by atoms with Crippen molar-refractivity contribution < 1.29 is 4.52 Å². The number of rotatable bonds is 7. The summed E-state index contributed by atoms with van der Waals surface area (Å²) >= 11 is 1.66. The van der Waals surface area contributed by atoms with E-state index in [1.165, 1.54) is 22.3 Å². The third kappa shape index (κ3) is 4.38. The Morgan fingerprint density at radius 1 is 0.969 bits per heavy atom. The number of pyridine rings is 1. The standard InChI is InChI=1S/C25H23N5OS/c1-16-5-10-21(27-15-16)19-8-6-18(7-9-19)4-3-12-26-23-20-14-17(2)32-25(20)29-24(28-23)22-11-13-31-30-22/h5-11,13-15H,3-4,12H2,1-2H3,(H,26,28,29). The van der Waals surface area contributed by atoms with Crippen LogP contribution in [-0.4, -0.2) is 26.7 Å². The van der Waals surface area contributed by atoms with E-state index in [9.17, 15) is 0 Å². The van der Waals surface area contributed by atoms with Crippen molar-refractivity contribution in [2.45, 2.75) is 26.7 Å². The number of fused-ring (bicyclic) bond motifs is 1. The van der Waals surface area contributed by atoms with Crippen LogP contribution in [0.4, 0.5) is 5.82 Å². The highest BCUT2D eigenvalue weighted by Crippen LogP contribution is 2.30. The molecule has 0 radical (unpaired) electrons. The predicted molar refractivity (Wildman–Crippen MR) is 129 cm³/mol. The second-order valence-electron chi connectivity index (χ2n) is 7.80. The monoisotopic (exact) mass is 441 g/mol. The zero-order chi connectivity index (χ0) is 21.9. The summed E-state index contributed by atoms with van der Waals surface area (Å²) in [6.45, 7) is 4.96. The van der Waals surface area contributed by atoms with Crippen molar-refractivity contribution in [1.82, 2.24) is 20.1 Å². The number of hydrogen-bond acceptors (Lipinski definition) is 7. The number of aromatic nitrogens is 4. The lowest BCUT2D eigenvalue weighted by Crippen LogP contribution is -2.06. The topological polar surface area (TPSA) is 76.7 Å². The van der Waals surface area contributed by atoms with Gasteiger partial charge in [0.25, 0.3) is 0 Å². The molecule has 160 valence electrons. The van der Waals surface area contributed by atoms with Gasteiger partial charge < -0.3 is 9.84 Å². The predicted octanol–water partition coefficient (Wildman–Crippen LogP) is 6.07. The molecule has 4 heterocycles. The summed E-state index contributed by atoms with van der Waals surface area (Å²) in [7, 11) is 0. The molecule has 0 atom stereocenters. The molecule has 0 amide bonds. The summed E-state index contributed by atoms with van der Waals surface area (Å²) in [5.74, 6) is 1.43. The Hall–Kier alpha value is -3.58. The van der Waals surface area contributed by atoms with E-state index < -0.39 is 0 Å². The van der Waals surface area contributed by atoms with Gasteiger partial charge in [0.05, 0.1) is 11.1 Å². The number of nitrogens with zero attached hydrogens (tertiary/aromatic N) is 4. The molecule has 4 aromatic heterocycles. The Morgan fingerprint density at radius 2 is 1.84 bits per heavy atom. The highest BCUT2D eigenvalue weighted by Gasteiger charge is 2.13. The molecule has 0 aliphatic heterocycles. The van der Waals surface area contributed by atoms with Crippen molar-refractivity contribution in [3.63, 3.8) is 0 Å². The van der Waals surface area contributed by atoms with Crippen molar-refractivity contribution in [2.75, 3.05) is 11.9 Å². The van der Waals surface area contributed by atoms with Gasteiger partial charge in [-0.2, -0.15) is 0 Å². The van der Waals surface area contributed by atoms with Crippen molar-refractivity contribution >= 4 is 27.4 Å². The molecule has 0 spiro atoms. The third-order valence-corrected chi connectivity index (χ3v) is 6.22. The van der Waals surface area contributed by atoms with Crippen molar-refractivity contribution in [3.05, 3.63) is 77.0 Å². The Balaban J connectivity index is 1.24. The van der Waals surface area contributed by atoms with E-state index in [2.05, 4.69) is 76.8 Å². The van der Waals surface area contributed by atoms with Gasteiger partial charge in [0.15, 0.2) is 11.5 Å². The fourth-order valence-electron chi connectivity index (χ4n) is 3.60. The molecule has 0 bridgehead atoms. The average Bonchev–Trinajstić information content (AvgIpc) is 3.47. The van der Waals surface area contributed by atoms with Gasteiger partial charge in [0, 0.05) is 29.2 Å². The lowest BCUT2D eigenvalue weighted by molar-refractivity contribution is 0.422. The zero-order valence-electron chi connectivity index (χ0n) is 18.0. The minimum atomic E-state index is 0.580. The SMILES string of the molecule is Cc1ccc(-c2ccc(CCCNc3nc(-c4ccon4)nc4sc(C)cc34)cc2)nc1. The van der Waals surface area contributed by atoms with Crippen molar-refractivity contribution in [3.8, 4) is 22.8 Å². The Bertz CT molecular complexity index is 1330. The van der Waals surface area contributed by atoms with Crippen molar-refractivity contribution in [1.29, 1.82) is 0 Å². The molecule has 5 rings (SSSR count). The maximum atomic E-state index is 4.96. The maximum Gasteiger partial charge on any atom is 0.185 e.